The molecule has 1 fully saturated rings. The van der Waals surface area contributed by atoms with Crippen LogP contribution in [0.4, 0.5) is 5.82 Å². The Bertz CT molecular complexity index is 383. The Balaban J connectivity index is 2.11. The predicted octanol–water partition coefficient (Wildman–Crippen LogP) is 2.69. The van der Waals surface area contributed by atoms with E-state index in [-0.39, 0.29) is 0 Å². The van der Waals surface area contributed by atoms with E-state index >= 15 is 0 Å². The van der Waals surface area contributed by atoms with Crippen LogP contribution in [0.5, 0.6) is 0 Å². The fraction of sp³-hybridized carbons (Fsp3) is 0.643. The highest BCUT2D eigenvalue weighted by Gasteiger charge is 2.18. The number of hydrogen-bond donors (Lipinski definition) is 1. The summed E-state index contributed by atoms with van der Waals surface area (Å²) in [6.45, 7) is 9.86. The largest absolute Gasteiger partial charge is 0.355 e. The van der Waals surface area contributed by atoms with E-state index in [9.17, 15) is 0 Å². The molecule has 0 saturated carbocycles. The van der Waals surface area contributed by atoms with Crippen LogP contribution in [0.2, 0.25) is 0 Å². The SMILES string of the molecule is CCNC(C)c1ccnc(N2CCSC(C)C2)c1. The normalized spacial score (nSPS) is 21.9. The lowest BCUT2D eigenvalue weighted by Gasteiger charge is -2.31. The van der Waals surface area contributed by atoms with E-state index in [1.165, 1.54) is 11.3 Å². The molecule has 0 aromatic carbocycles. The molecule has 3 nitrogen and oxygen atoms in total. The molecule has 4 heteroatoms. The van der Waals surface area contributed by atoms with Gasteiger partial charge in [-0.1, -0.05) is 13.8 Å². The van der Waals surface area contributed by atoms with Gasteiger partial charge in [-0.15, -0.1) is 0 Å². The minimum atomic E-state index is 0.397. The summed E-state index contributed by atoms with van der Waals surface area (Å²) >= 11 is 2.05. The van der Waals surface area contributed by atoms with Crippen LogP contribution in [0.15, 0.2) is 18.3 Å². The second-order valence-electron chi connectivity index (χ2n) is 4.85. The number of rotatable bonds is 4. The van der Waals surface area contributed by atoms with Crippen LogP contribution in [-0.2, 0) is 0 Å². The van der Waals surface area contributed by atoms with Gasteiger partial charge >= 0.3 is 0 Å². The van der Waals surface area contributed by atoms with Gasteiger partial charge in [-0.2, -0.15) is 11.8 Å². The molecule has 100 valence electrons. The molecule has 1 aromatic heterocycles. The van der Waals surface area contributed by atoms with Crippen LogP contribution in [-0.4, -0.2) is 35.6 Å². The minimum Gasteiger partial charge on any atom is -0.355 e. The van der Waals surface area contributed by atoms with Crippen LogP contribution in [0.3, 0.4) is 0 Å². The highest BCUT2D eigenvalue weighted by molar-refractivity contribution is 8.00. The van der Waals surface area contributed by atoms with Gasteiger partial charge in [-0.05, 0) is 31.2 Å². The van der Waals surface area contributed by atoms with Crippen LogP contribution < -0.4 is 10.2 Å². The van der Waals surface area contributed by atoms with Gasteiger partial charge in [0.15, 0.2) is 0 Å². The molecule has 0 bridgehead atoms. The number of aromatic nitrogens is 1. The van der Waals surface area contributed by atoms with E-state index in [1.54, 1.807) is 0 Å². The molecule has 0 spiro atoms. The summed E-state index contributed by atoms with van der Waals surface area (Å²) in [7, 11) is 0. The van der Waals surface area contributed by atoms with Crippen molar-refractivity contribution in [3.05, 3.63) is 23.9 Å². The Morgan fingerprint density at radius 2 is 2.44 bits per heavy atom. The van der Waals surface area contributed by atoms with Crippen molar-refractivity contribution in [1.29, 1.82) is 0 Å². The molecule has 0 radical (unpaired) electrons. The number of pyridine rings is 1. The molecule has 2 atom stereocenters. The molecule has 0 aliphatic carbocycles. The lowest BCUT2D eigenvalue weighted by atomic mass is 10.1. The first kappa shape index (κ1) is 13.7. The topological polar surface area (TPSA) is 28.2 Å². The summed E-state index contributed by atoms with van der Waals surface area (Å²) in [6, 6.07) is 4.74. The zero-order valence-corrected chi connectivity index (χ0v) is 12.3. The number of nitrogens with zero attached hydrogens (tertiary/aromatic N) is 2. The molecule has 1 aromatic rings. The van der Waals surface area contributed by atoms with Crippen molar-refractivity contribution in [2.75, 3.05) is 30.3 Å². The molecule has 1 aliphatic rings. The third-order valence-corrected chi connectivity index (χ3v) is 4.48. The van der Waals surface area contributed by atoms with E-state index in [2.05, 4.69) is 59.9 Å². The van der Waals surface area contributed by atoms with Gasteiger partial charge in [-0.3, -0.25) is 0 Å². The number of thioether (sulfide) groups is 1. The van der Waals surface area contributed by atoms with Gasteiger partial charge in [0.25, 0.3) is 0 Å². The molecule has 1 N–H and O–H groups in total. The standard InChI is InChI=1S/C14H23N3S/c1-4-15-12(3)13-5-6-16-14(9-13)17-7-8-18-11(2)10-17/h5-6,9,11-12,15H,4,7-8,10H2,1-3H3. The van der Waals surface area contributed by atoms with Gasteiger partial charge in [0, 0.05) is 36.3 Å². The third-order valence-electron chi connectivity index (χ3n) is 3.34. The Kier molecular flexibility index (Phi) is 4.89. The maximum Gasteiger partial charge on any atom is 0.128 e. The molecule has 2 rings (SSSR count). The van der Waals surface area contributed by atoms with Crippen LogP contribution in [0, 0.1) is 0 Å². The zero-order valence-electron chi connectivity index (χ0n) is 11.5. The molecular weight excluding hydrogens is 242 g/mol. The summed E-state index contributed by atoms with van der Waals surface area (Å²) in [5.41, 5.74) is 1.33. The van der Waals surface area contributed by atoms with Crippen LogP contribution in [0.25, 0.3) is 0 Å². The molecule has 2 unspecified atom stereocenters. The van der Waals surface area contributed by atoms with Gasteiger partial charge < -0.3 is 10.2 Å². The fourth-order valence-electron chi connectivity index (χ4n) is 2.33. The Hall–Kier alpha value is -0.740. The molecule has 1 aliphatic heterocycles. The first-order valence-corrected chi connectivity index (χ1v) is 7.81. The van der Waals surface area contributed by atoms with E-state index in [0.717, 1.165) is 25.5 Å². The van der Waals surface area contributed by atoms with Gasteiger partial charge in [-0.25, -0.2) is 4.98 Å². The van der Waals surface area contributed by atoms with Gasteiger partial charge in [0.2, 0.25) is 0 Å². The minimum absolute atomic E-state index is 0.397. The van der Waals surface area contributed by atoms with Crippen LogP contribution >= 0.6 is 11.8 Å². The maximum absolute atomic E-state index is 4.53. The Morgan fingerprint density at radius 3 is 3.17 bits per heavy atom. The third kappa shape index (κ3) is 3.39. The first-order chi connectivity index (χ1) is 8.70. The van der Waals surface area contributed by atoms with Crippen molar-refractivity contribution in [3.63, 3.8) is 0 Å². The van der Waals surface area contributed by atoms with E-state index in [0.29, 0.717) is 11.3 Å². The van der Waals surface area contributed by atoms with E-state index in [1.807, 2.05) is 6.20 Å². The van der Waals surface area contributed by atoms with Crippen molar-refractivity contribution in [2.45, 2.75) is 32.1 Å². The average Bonchev–Trinajstić information content (AvgIpc) is 2.39. The first-order valence-electron chi connectivity index (χ1n) is 6.76. The lowest BCUT2D eigenvalue weighted by molar-refractivity contribution is 0.597. The summed E-state index contributed by atoms with van der Waals surface area (Å²) in [4.78, 5) is 6.94. The second-order valence-corrected chi connectivity index (χ2v) is 6.40. The van der Waals surface area contributed by atoms with Crippen molar-refractivity contribution in [2.24, 2.45) is 0 Å². The Morgan fingerprint density at radius 1 is 1.61 bits per heavy atom. The van der Waals surface area contributed by atoms with Crippen molar-refractivity contribution in [3.8, 4) is 0 Å². The second kappa shape index (κ2) is 6.43. The quantitative estimate of drug-likeness (QED) is 0.906. The van der Waals surface area contributed by atoms with Crippen molar-refractivity contribution >= 4 is 17.6 Å². The number of hydrogen-bond acceptors (Lipinski definition) is 4. The highest BCUT2D eigenvalue weighted by Crippen LogP contribution is 2.24. The summed E-state index contributed by atoms with van der Waals surface area (Å²) in [6.07, 6.45) is 1.94. The fourth-order valence-corrected chi connectivity index (χ4v) is 3.34. The summed E-state index contributed by atoms with van der Waals surface area (Å²) < 4.78 is 0. The average molecular weight is 265 g/mol. The Labute approximate surface area is 114 Å². The molecule has 2 heterocycles. The zero-order chi connectivity index (χ0) is 13.0. The lowest BCUT2D eigenvalue weighted by Crippen LogP contribution is -2.37. The molecule has 18 heavy (non-hydrogen) atoms. The smallest absolute Gasteiger partial charge is 0.128 e. The predicted molar refractivity (Wildman–Crippen MR) is 80.5 cm³/mol. The monoisotopic (exact) mass is 265 g/mol. The van der Waals surface area contributed by atoms with Gasteiger partial charge in [0.1, 0.15) is 5.82 Å². The van der Waals surface area contributed by atoms with Gasteiger partial charge in [0.05, 0.1) is 0 Å². The number of anilines is 1. The number of nitrogens with one attached hydrogen (secondary N) is 1. The maximum atomic E-state index is 4.53. The highest BCUT2D eigenvalue weighted by atomic mass is 32.2. The van der Waals surface area contributed by atoms with Crippen LogP contribution in [0.1, 0.15) is 32.4 Å². The van der Waals surface area contributed by atoms with E-state index in [4.69, 9.17) is 0 Å². The molecule has 1 saturated heterocycles. The summed E-state index contributed by atoms with van der Waals surface area (Å²) in [5, 5.41) is 4.15. The van der Waals surface area contributed by atoms with Crippen molar-refractivity contribution < 1.29 is 0 Å². The molecule has 0 amide bonds. The summed E-state index contributed by atoms with van der Waals surface area (Å²) in [5.74, 6) is 2.33. The molecular formula is C14H23N3S. The van der Waals surface area contributed by atoms with E-state index < -0.39 is 0 Å². The van der Waals surface area contributed by atoms with Crippen molar-refractivity contribution in [1.82, 2.24) is 10.3 Å².